The summed E-state index contributed by atoms with van der Waals surface area (Å²) in [5.74, 6) is -2.32. The first-order chi connectivity index (χ1) is 6.91. The smallest absolute Gasteiger partial charge is 0.338 e. The fourth-order valence-corrected chi connectivity index (χ4v) is 1.34. The minimum atomic E-state index is -1.07. The van der Waals surface area contributed by atoms with Gasteiger partial charge in [0.05, 0.1) is 14.2 Å². The number of carbonyl (C=O) groups is 2. The van der Waals surface area contributed by atoms with E-state index in [4.69, 9.17) is 9.47 Å². The van der Waals surface area contributed by atoms with Gasteiger partial charge in [-0.3, -0.25) is 0 Å². The molecule has 1 saturated heterocycles. The summed E-state index contributed by atoms with van der Waals surface area (Å²) >= 11 is 0. The lowest BCUT2D eigenvalue weighted by atomic mass is 10.2. The quantitative estimate of drug-likeness (QED) is 0.600. The molecule has 1 fully saturated rings. The van der Waals surface area contributed by atoms with Gasteiger partial charge in [0, 0.05) is 0 Å². The lowest BCUT2D eigenvalue weighted by molar-refractivity contribution is -0.171. The maximum Gasteiger partial charge on any atom is 0.338 e. The predicted octanol–water partition coefficient (Wildman–Crippen LogP) is -0.148. The molecule has 1 unspecified atom stereocenters. The van der Waals surface area contributed by atoms with Crippen molar-refractivity contribution in [2.24, 2.45) is 0 Å². The molecule has 15 heavy (non-hydrogen) atoms. The van der Waals surface area contributed by atoms with Crippen LogP contribution in [0.1, 0.15) is 13.8 Å². The number of carbonyl (C=O) groups excluding carboxylic acids is 2. The fourth-order valence-electron chi connectivity index (χ4n) is 1.34. The molecule has 1 heterocycles. The number of ether oxygens (including phenoxy) is 4. The SMILES string of the molecule is COC(=O)C1OC(C)(C)O[C@H]1C(=O)OC. The lowest BCUT2D eigenvalue weighted by Gasteiger charge is -2.15. The molecule has 6 nitrogen and oxygen atoms in total. The van der Waals surface area contributed by atoms with E-state index in [1.54, 1.807) is 13.8 Å². The van der Waals surface area contributed by atoms with Crippen LogP contribution in [0.15, 0.2) is 0 Å². The molecule has 0 amide bonds. The molecular weight excluding hydrogens is 204 g/mol. The fraction of sp³-hybridized carbons (Fsp3) is 0.778. The third kappa shape index (κ3) is 2.45. The van der Waals surface area contributed by atoms with E-state index in [9.17, 15) is 9.59 Å². The summed E-state index contributed by atoms with van der Waals surface area (Å²) in [7, 11) is 2.43. The van der Waals surface area contributed by atoms with Gasteiger partial charge < -0.3 is 18.9 Å². The summed E-state index contributed by atoms with van der Waals surface area (Å²) in [4.78, 5) is 22.6. The van der Waals surface area contributed by atoms with E-state index in [2.05, 4.69) is 9.47 Å². The normalized spacial score (nSPS) is 28.5. The van der Waals surface area contributed by atoms with E-state index < -0.39 is 29.9 Å². The van der Waals surface area contributed by atoms with Gasteiger partial charge in [-0.1, -0.05) is 0 Å². The van der Waals surface area contributed by atoms with Crippen LogP contribution in [0.4, 0.5) is 0 Å². The van der Waals surface area contributed by atoms with Gasteiger partial charge in [-0.05, 0) is 13.8 Å². The van der Waals surface area contributed by atoms with Gasteiger partial charge in [0.25, 0.3) is 0 Å². The molecule has 0 aromatic carbocycles. The van der Waals surface area contributed by atoms with Crippen molar-refractivity contribution in [3.63, 3.8) is 0 Å². The van der Waals surface area contributed by atoms with Crippen LogP contribution in [-0.2, 0) is 28.5 Å². The average Bonchev–Trinajstić information content (AvgIpc) is 2.52. The lowest BCUT2D eigenvalue weighted by Crippen LogP contribution is -2.38. The molecule has 1 aliphatic rings. The van der Waals surface area contributed by atoms with Crippen molar-refractivity contribution >= 4 is 11.9 Å². The average molecular weight is 218 g/mol. The molecular formula is C9H14O6. The minimum absolute atomic E-state index is 0.657. The first-order valence-electron chi connectivity index (χ1n) is 4.42. The molecule has 2 atom stereocenters. The molecule has 0 spiro atoms. The highest BCUT2D eigenvalue weighted by molar-refractivity contribution is 5.86. The Morgan fingerprint density at radius 2 is 1.33 bits per heavy atom. The maximum atomic E-state index is 11.3. The Balaban J connectivity index is 2.83. The molecule has 1 rings (SSSR count). The van der Waals surface area contributed by atoms with E-state index in [1.165, 1.54) is 14.2 Å². The largest absolute Gasteiger partial charge is 0.467 e. The second kappa shape index (κ2) is 4.16. The van der Waals surface area contributed by atoms with Crippen molar-refractivity contribution in [2.75, 3.05) is 14.2 Å². The molecule has 0 N–H and O–H groups in total. The number of esters is 2. The topological polar surface area (TPSA) is 71.1 Å². The van der Waals surface area contributed by atoms with E-state index in [-0.39, 0.29) is 0 Å². The predicted molar refractivity (Wildman–Crippen MR) is 47.9 cm³/mol. The molecule has 0 radical (unpaired) electrons. The molecule has 6 heteroatoms. The zero-order valence-corrected chi connectivity index (χ0v) is 9.10. The van der Waals surface area contributed by atoms with Crippen LogP contribution in [0.25, 0.3) is 0 Å². The summed E-state index contributed by atoms with van der Waals surface area (Å²) in [5, 5.41) is 0. The zero-order valence-electron chi connectivity index (χ0n) is 9.10. The monoisotopic (exact) mass is 218 g/mol. The number of hydrogen-bond acceptors (Lipinski definition) is 6. The van der Waals surface area contributed by atoms with Gasteiger partial charge in [-0.25, -0.2) is 9.59 Å². The summed E-state index contributed by atoms with van der Waals surface area (Å²) in [6, 6.07) is 0. The van der Waals surface area contributed by atoms with Gasteiger partial charge in [0.2, 0.25) is 0 Å². The Morgan fingerprint density at radius 3 is 1.60 bits per heavy atom. The molecule has 0 aromatic heterocycles. The number of methoxy groups -OCH3 is 2. The summed E-state index contributed by atoms with van der Waals surface area (Å²) in [6.45, 7) is 3.21. The highest BCUT2D eigenvalue weighted by atomic mass is 16.8. The van der Waals surface area contributed by atoms with Gasteiger partial charge in [0.15, 0.2) is 18.0 Å². The highest BCUT2D eigenvalue weighted by Crippen LogP contribution is 2.29. The summed E-state index contributed by atoms with van der Waals surface area (Å²) in [5.41, 5.74) is 0. The summed E-state index contributed by atoms with van der Waals surface area (Å²) in [6.07, 6.45) is -2.14. The van der Waals surface area contributed by atoms with Gasteiger partial charge in [0.1, 0.15) is 0 Å². The first kappa shape index (κ1) is 11.9. The van der Waals surface area contributed by atoms with Crippen LogP contribution in [-0.4, -0.2) is 44.2 Å². The van der Waals surface area contributed by atoms with E-state index in [0.29, 0.717) is 0 Å². The van der Waals surface area contributed by atoms with E-state index in [0.717, 1.165) is 0 Å². The Kier molecular flexibility index (Phi) is 3.31. The second-order valence-corrected chi connectivity index (χ2v) is 3.52. The Bertz CT molecular complexity index is 246. The van der Waals surface area contributed by atoms with Gasteiger partial charge in [-0.2, -0.15) is 0 Å². The molecule has 0 saturated carbocycles. The Morgan fingerprint density at radius 1 is 1.00 bits per heavy atom. The van der Waals surface area contributed by atoms with E-state index >= 15 is 0 Å². The van der Waals surface area contributed by atoms with Crippen LogP contribution in [0.2, 0.25) is 0 Å². The first-order valence-corrected chi connectivity index (χ1v) is 4.42. The van der Waals surface area contributed by atoms with Crippen LogP contribution in [0.3, 0.4) is 0 Å². The van der Waals surface area contributed by atoms with Crippen molar-refractivity contribution in [1.29, 1.82) is 0 Å². The van der Waals surface area contributed by atoms with Crippen molar-refractivity contribution in [1.82, 2.24) is 0 Å². The van der Waals surface area contributed by atoms with Crippen LogP contribution in [0.5, 0.6) is 0 Å². The molecule has 86 valence electrons. The Hall–Kier alpha value is -1.14. The molecule has 1 aliphatic heterocycles. The zero-order chi connectivity index (χ0) is 11.6. The molecule has 0 aromatic rings. The third-order valence-corrected chi connectivity index (χ3v) is 1.96. The van der Waals surface area contributed by atoms with E-state index in [1.807, 2.05) is 0 Å². The summed E-state index contributed by atoms with van der Waals surface area (Å²) < 4.78 is 19.5. The van der Waals surface area contributed by atoms with Gasteiger partial charge >= 0.3 is 11.9 Å². The van der Waals surface area contributed by atoms with Crippen LogP contribution >= 0.6 is 0 Å². The van der Waals surface area contributed by atoms with Crippen LogP contribution < -0.4 is 0 Å². The number of rotatable bonds is 2. The Labute approximate surface area is 87.4 Å². The maximum absolute atomic E-state index is 11.3. The van der Waals surface area contributed by atoms with Crippen LogP contribution in [0, 0.1) is 0 Å². The van der Waals surface area contributed by atoms with Gasteiger partial charge in [-0.15, -0.1) is 0 Å². The minimum Gasteiger partial charge on any atom is -0.467 e. The van der Waals surface area contributed by atoms with Crippen molar-refractivity contribution in [3.05, 3.63) is 0 Å². The highest BCUT2D eigenvalue weighted by Gasteiger charge is 2.50. The van der Waals surface area contributed by atoms with Crippen molar-refractivity contribution in [2.45, 2.75) is 31.8 Å². The third-order valence-electron chi connectivity index (χ3n) is 1.96. The van der Waals surface area contributed by atoms with Crippen molar-refractivity contribution < 1.29 is 28.5 Å². The standard InChI is InChI=1S/C9H14O6/c1-9(2)14-5(7(10)12-3)6(15-9)8(11)13-4/h5-6H,1-4H3/t5-,6?/m1/s1. The molecule has 0 bridgehead atoms. The number of hydrogen-bond donors (Lipinski definition) is 0. The molecule has 0 aliphatic carbocycles. The second-order valence-electron chi connectivity index (χ2n) is 3.52. The van der Waals surface area contributed by atoms with Crippen molar-refractivity contribution in [3.8, 4) is 0 Å².